The second-order valence-electron chi connectivity index (χ2n) is 8.71. The van der Waals surface area contributed by atoms with E-state index in [1.165, 1.54) is 0 Å². The average molecular weight is 488 g/mol. The lowest BCUT2D eigenvalue weighted by molar-refractivity contribution is 0.411. The predicted molar refractivity (Wildman–Crippen MR) is 145 cm³/mol. The van der Waals surface area contributed by atoms with E-state index >= 15 is 0 Å². The van der Waals surface area contributed by atoms with Crippen LogP contribution in [0.25, 0.3) is 16.7 Å². The molecule has 5 rings (SSSR count). The minimum atomic E-state index is -0.973. The molecule has 1 unspecified atom stereocenters. The summed E-state index contributed by atoms with van der Waals surface area (Å²) in [5.74, 6) is 1.50. The largest absolute Gasteiger partial charge is 0.354 e. The van der Waals surface area contributed by atoms with Gasteiger partial charge in [-0.2, -0.15) is 0 Å². The van der Waals surface area contributed by atoms with Gasteiger partial charge in [-0.3, -0.25) is 9.36 Å². The molecule has 0 bridgehead atoms. The molecule has 1 aromatic carbocycles. The van der Waals surface area contributed by atoms with Crippen molar-refractivity contribution in [1.29, 1.82) is 0 Å². The van der Waals surface area contributed by atoms with E-state index in [2.05, 4.69) is 22.4 Å². The minimum absolute atomic E-state index is 0.0613. The van der Waals surface area contributed by atoms with Crippen LogP contribution in [-0.2, 0) is 11.0 Å². The number of allylic oxidation sites excluding steroid dienone is 5. The van der Waals surface area contributed by atoms with Crippen molar-refractivity contribution in [3.63, 3.8) is 0 Å². The number of aromatic nitrogens is 2. The fourth-order valence-electron chi connectivity index (χ4n) is 4.57. The Bertz CT molecular complexity index is 1420. The van der Waals surface area contributed by atoms with Gasteiger partial charge < -0.3 is 10.2 Å². The molecule has 0 spiro atoms. The van der Waals surface area contributed by atoms with Crippen molar-refractivity contribution >= 4 is 33.7 Å². The first-order chi connectivity index (χ1) is 17.0. The first-order valence-corrected chi connectivity index (χ1v) is 13.3. The van der Waals surface area contributed by atoms with Crippen LogP contribution in [0.3, 0.4) is 0 Å². The predicted octanol–water partition coefficient (Wildman–Crippen LogP) is 3.92. The van der Waals surface area contributed by atoms with E-state index in [1.54, 1.807) is 12.3 Å². The number of hydrogen-bond acceptors (Lipinski definition) is 5. The fourth-order valence-corrected chi connectivity index (χ4v) is 5.24. The van der Waals surface area contributed by atoms with Gasteiger partial charge in [0.05, 0.1) is 16.4 Å². The van der Waals surface area contributed by atoms with Gasteiger partial charge in [-0.1, -0.05) is 42.5 Å². The zero-order chi connectivity index (χ0) is 24.4. The molecule has 8 heteroatoms. The highest BCUT2D eigenvalue weighted by atomic mass is 32.2. The SMILES string of the molecule is Cc1cc(N2CCN(S(C)=O)CC2)nc2c1c(=O)cc(NC1=CCC=CC=C1)n2-c1ccccc1. The molecule has 3 aromatic rings. The van der Waals surface area contributed by atoms with E-state index in [0.29, 0.717) is 29.9 Å². The standard InChI is InChI=1S/C27H29N5O2S/c1-20-18-24(30-14-16-31(17-15-30)35(2)34)29-27-26(20)23(33)19-25(28-21-10-6-3-4-7-11-21)32(27)22-12-8-5-9-13-22/h3-6,8-13,18-19,28H,7,14-17H2,1-2H3. The Hall–Kier alpha value is -3.49. The van der Waals surface area contributed by atoms with Gasteiger partial charge >= 0.3 is 0 Å². The Morgan fingerprint density at radius 2 is 1.80 bits per heavy atom. The van der Waals surface area contributed by atoms with Crippen LogP contribution in [0.1, 0.15) is 12.0 Å². The zero-order valence-electron chi connectivity index (χ0n) is 20.0. The van der Waals surface area contributed by atoms with Crippen LogP contribution in [0.5, 0.6) is 0 Å². The lowest BCUT2D eigenvalue weighted by atomic mass is 10.1. The van der Waals surface area contributed by atoms with Crippen LogP contribution < -0.4 is 15.6 Å². The van der Waals surface area contributed by atoms with E-state index < -0.39 is 11.0 Å². The molecule has 0 amide bonds. The van der Waals surface area contributed by atoms with Crippen LogP contribution in [0.2, 0.25) is 0 Å². The van der Waals surface area contributed by atoms with Crippen molar-refractivity contribution in [2.75, 3.05) is 42.7 Å². The monoisotopic (exact) mass is 487 g/mol. The molecule has 2 aliphatic rings. The Balaban J connectivity index is 1.66. The van der Waals surface area contributed by atoms with E-state index in [0.717, 1.165) is 42.3 Å². The first kappa shape index (κ1) is 23.3. The molecule has 180 valence electrons. The third-order valence-corrected chi connectivity index (χ3v) is 7.45. The summed E-state index contributed by atoms with van der Waals surface area (Å²) in [7, 11) is -0.973. The number of rotatable bonds is 5. The fraction of sp³-hybridized carbons (Fsp3) is 0.259. The minimum Gasteiger partial charge on any atom is -0.354 e. The van der Waals surface area contributed by atoms with Crippen LogP contribution in [-0.4, -0.2) is 50.5 Å². The molecule has 0 radical (unpaired) electrons. The van der Waals surface area contributed by atoms with Gasteiger partial charge in [-0.25, -0.2) is 13.5 Å². The average Bonchev–Trinajstić information content (AvgIpc) is 3.13. The molecule has 1 aliphatic carbocycles. The number of fused-ring (bicyclic) bond motifs is 1. The summed E-state index contributed by atoms with van der Waals surface area (Å²) in [5.41, 5.74) is 3.31. The number of anilines is 2. The highest BCUT2D eigenvalue weighted by molar-refractivity contribution is 7.81. The van der Waals surface area contributed by atoms with Crippen molar-refractivity contribution in [1.82, 2.24) is 13.9 Å². The molecule has 2 aromatic heterocycles. The second-order valence-corrected chi connectivity index (χ2v) is 10.1. The van der Waals surface area contributed by atoms with Gasteiger partial charge in [-0.05, 0) is 43.2 Å². The van der Waals surface area contributed by atoms with Crippen LogP contribution in [0.4, 0.5) is 11.6 Å². The summed E-state index contributed by atoms with van der Waals surface area (Å²) >= 11 is 0. The van der Waals surface area contributed by atoms with Crippen molar-refractivity contribution in [2.45, 2.75) is 13.3 Å². The Morgan fingerprint density at radius 3 is 2.54 bits per heavy atom. The zero-order valence-corrected chi connectivity index (χ0v) is 20.8. The first-order valence-electron chi connectivity index (χ1n) is 11.8. The van der Waals surface area contributed by atoms with Crippen molar-refractivity contribution in [3.05, 3.63) is 94.3 Å². The Morgan fingerprint density at radius 1 is 1.03 bits per heavy atom. The van der Waals surface area contributed by atoms with Crippen molar-refractivity contribution in [2.24, 2.45) is 0 Å². The maximum Gasteiger partial charge on any atom is 0.193 e. The van der Waals surface area contributed by atoms with E-state index in [4.69, 9.17) is 4.98 Å². The lowest BCUT2D eigenvalue weighted by Gasteiger charge is -2.34. The number of piperazine rings is 1. The lowest BCUT2D eigenvalue weighted by Crippen LogP contribution is -2.47. The van der Waals surface area contributed by atoms with Gasteiger partial charge in [0.15, 0.2) is 11.1 Å². The quantitative estimate of drug-likeness (QED) is 0.591. The van der Waals surface area contributed by atoms with Crippen LogP contribution >= 0.6 is 0 Å². The van der Waals surface area contributed by atoms with Gasteiger partial charge in [0.2, 0.25) is 0 Å². The molecule has 0 saturated carbocycles. The molecule has 1 fully saturated rings. The highest BCUT2D eigenvalue weighted by Crippen LogP contribution is 2.27. The van der Waals surface area contributed by atoms with Gasteiger partial charge in [0.25, 0.3) is 0 Å². The molecule has 1 aliphatic heterocycles. The molecule has 7 nitrogen and oxygen atoms in total. The van der Waals surface area contributed by atoms with E-state index in [9.17, 15) is 9.00 Å². The van der Waals surface area contributed by atoms with Gasteiger partial charge in [-0.15, -0.1) is 0 Å². The molecule has 35 heavy (non-hydrogen) atoms. The molecule has 3 heterocycles. The normalized spacial score (nSPS) is 17.3. The number of para-hydroxylation sites is 1. The smallest absolute Gasteiger partial charge is 0.193 e. The summed E-state index contributed by atoms with van der Waals surface area (Å²) in [6.45, 7) is 4.86. The van der Waals surface area contributed by atoms with Crippen molar-refractivity contribution in [3.8, 4) is 5.69 Å². The third kappa shape index (κ3) is 4.85. The Kier molecular flexibility index (Phi) is 6.66. The third-order valence-electron chi connectivity index (χ3n) is 6.36. The topological polar surface area (TPSA) is 70.5 Å². The molecular formula is C27H29N5O2S. The highest BCUT2D eigenvalue weighted by Gasteiger charge is 2.22. The number of nitrogens with one attached hydrogen (secondary N) is 1. The maximum atomic E-state index is 13.3. The molecule has 1 saturated heterocycles. The molecule has 1 atom stereocenters. The summed E-state index contributed by atoms with van der Waals surface area (Å²) in [4.78, 5) is 20.6. The Labute approximate surface area is 207 Å². The van der Waals surface area contributed by atoms with Crippen molar-refractivity contribution < 1.29 is 4.21 Å². The summed E-state index contributed by atoms with van der Waals surface area (Å²) in [6.07, 6.45) is 12.7. The maximum absolute atomic E-state index is 13.3. The number of pyridine rings is 2. The molecule has 1 N–H and O–H groups in total. The second kappa shape index (κ2) is 10.0. The van der Waals surface area contributed by atoms with E-state index in [1.807, 2.05) is 70.4 Å². The van der Waals surface area contributed by atoms with E-state index in [-0.39, 0.29) is 5.43 Å². The number of aryl methyl sites for hydroxylation is 1. The van der Waals surface area contributed by atoms with Gasteiger partial charge in [0, 0.05) is 49.9 Å². The summed E-state index contributed by atoms with van der Waals surface area (Å²) in [5, 5.41) is 4.08. The van der Waals surface area contributed by atoms with Gasteiger partial charge in [0.1, 0.15) is 11.6 Å². The number of hydrogen-bond donors (Lipinski definition) is 1. The number of benzene rings is 1. The number of nitrogens with zero attached hydrogens (tertiary/aromatic N) is 4. The summed E-state index contributed by atoms with van der Waals surface area (Å²) < 4.78 is 15.9. The summed E-state index contributed by atoms with van der Waals surface area (Å²) in [6, 6.07) is 13.6. The molecular weight excluding hydrogens is 458 g/mol. The van der Waals surface area contributed by atoms with Crippen LogP contribution in [0, 0.1) is 6.92 Å². The van der Waals surface area contributed by atoms with Crippen LogP contribution in [0.15, 0.2) is 83.3 Å².